The van der Waals surface area contributed by atoms with Crippen LogP contribution in [0.4, 0.5) is 15.8 Å². The third kappa shape index (κ3) is 5.72. The van der Waals surface area contributed by atoms with Gasteiger partial charge in [0, 0.05) is 11.7 Å². The zero-order valence-electron chi connectivity index (χ0n) is 20.3. The van der Waals surface area contributed by atoms with Crippen molar-refractivity contribution >= 4 is 40.6 Å². The van der Waals surface area contributed by atoms with Crippen LogP contribution in [-0.4, -0.2) is 35.2 Å². The maximum absolute atomic E-state index is 14.0. The van der Waals surface area contributed by atoms with E-state index in [1.54, 1.807) is 24.3 Å². The van der Waals surface area contributed by atoms with Gasteiger partial charge in [0.05, 0.1) is 12.8 Å². The monoisotopic (exact) mass is 525 g/mol. The molecule has 1 aliphatic rings. The summed E-state index contributed by atoms with van der Waals surface area (Å²) in [5, 5.41) is 3.08. The molecule has 2 aromatic carbocycles. The lowest BCUT2D eigenvalue weighted by molar-refractivity contribution is -0.123. The molecule has 1 saturated carbocycles. The third-order valence-electron chi connectivity index (χ3n) is 6.37. The molecule has 1 aromatic heterocycles. The summed E-state index contributed by atoms with van der Waals surface area (Å²) in [6.45, 7) is 0. The van der Waals surface area contributed by atoms with E-state index in [2.05, 4.69) is 9.69 Å². The molecule has 0 bridgehead atoms. The smallest absolute Gasteiger partial charge is 0.273 e. The molecule has 1 fully saturated rings. The second-order valence-corrected chi connectivity index (χ2v) is 9.58. The van der Waals surface area contributed by atoms with E-state index in [1.807, 2.05) is 0 Å². The lowest BCUT2D eigenvalue weighted by Gasteiger charge is -2.33. The van der Waals surface area contributed by atoms with Crippen molar-refractivity contribution in [2.24, 2.45) is 5.73 Å². The van der Waals surface area contributed by atoms with Crippen molar-refractivity contribution in [3.8, 4) is 5.75 Å². The third-order valence-corrected chi connectivity index (χ3v) is 7.22. The van der Waals surface area contributed by atoms with Gasteiger partial charge in [0.2, 0.25) is 5.91 Å². The van der Waals surface area contributed by atoms with Crippen LogP contribution in [0.25, 0.3) is 0 Å². The van der Waals surface area contributed by atoms with Gasteiger partial charge in [0.15, 0.2) is 5.69 Å². The molecule has 194 valence electrons. The minimum absolute atomic E-state index is 0.0352. The second-order valence-electron chi connectivity index (χ2n) is 8.81. The van der Waals surface area contributed by atoms with Crippen LogP contribution in [0.3, 0.4) is 0 Å². The standard InChI is InChI=1S/C26H28FN5O4S/c1-36-19-13-11-18(12-14-19)32(26(35)23-20(28)21(24(29)33)31-37-23)22(15-7-9-16(27)10-8-15)25(34)30-17-5-3-2-4-6-17/h7-14,17,22H,2-6,28H2,1H3,(H2,29,33)(H,30,34)/t22-/m1/s1. The molecule has 0 spiro atoms. The fourth-order valence-electron chi connectivity index (χ4n) is 4.45. The van der Waals surface area contributed by atoms with Gasteiger partial charge in [-0.15, -0.1) is 0 Å². The number of ether oxygens (including phenoxy) is 1. The number of anilines is 2. The van der Waals surface area contributed by atoms with Crippen LogP contribution >= 0.6 is 11.5 Å². The molecule has 11 heteroatoms. The maximum atomic E-state index is 14.0. The highest BCUT2D eigenvalue weighted by atomic mass is 32.1. The highest BCUT2D eigenvalue weighted by molar-refractivity contribution is 7.09. The normalized spacial score (nSPS) is 14.5. The first-order valence-corrected chi connectivity index (χ1v) is 12.7. The molecule has 37 heavy (non-hydrogen) atoms. The first-order chi connectivity index (χ1) is 17.8. The molecule has 0 unspecified atom stereocenters. The van der Waals surface area contributed by atoms with Crippen LogP contribution in [0.15, 0.2) is 48.5 Å². The molecule has 9 nitrogen and oxygen atoms in total. The Morgan fingerprint density at radius 3 is 2.30 bits per heavy atom. The number of methoxy groups -OCH3 is 1. The Morgan fingerprint density at radius 1 is 1.08 bits per heavy atom. The van der Waals surface area contributed by atoms with Gasteiger partial charge < -0.3 is 21.5 Å². The van der Waals surface area contributed by atoms with E-state index in [-0.39, 0.29) is 22.3 Å². The number of hydrogen-bond acceptors (Lipinski definition) is 7. The molecule has 0 aliphatic heterocycles. The summed E-state index contributed by atoms with van der Waals surface area (Å²) in [5.41, 5.74) is 11.8. The number of amides is 3. The zero-order chi connectivity index (χ0) is 26.5. The lowest BCUT2D eigenvalue weighted by Crippen LogP contribution is -2.47. The maximum Gasteiger partial charge on any atom is 0.273 e. The first kappa shape index (κ1) is 26.1. The van der Waals surface area contributed by atoms with Gasteiger partial charge in [-0.05, 0) is 66.3 Å². The summed E-state index contributed by atoms with van der Waals surface area (Å²) in [5.74, 6) is -1.86. The van der Waals surface area contributed by atoms with Gasteiger partial charge in [-0.25, -0.2) is 4.39 Å². The Balaban J connectivity index is 1.83. The summed E-state index contributed by atoms with van der Waals surface area (Å²) >= 11 is 0.722. The lowest BCUT2D eigenvalue weighted by atomic mass is 9.94. The van der Waals surface area contributed by atoms with Crippen LogP contribution in [0, 0.1) is 5.82 Å². The fraction of sp³-hybridized carbons (Fsp3) is 0.308. The molecule has 5 N–H and O–H groups in total. The number of primary amides is 1. The Labute approximate surface area is 217 Å². The number of benzene rings is 2. The van der Waals surface area contributed by atoms with Crippen LogP contribution in [0.1, 0.15) is 63.9 Å². The average Bonchev–Trinajstić information content (AvgIpc) is 3.29. The Kier molecular flexibility index (Phi) is 8.02. The van der Waals surface area contributed by atoms with Crippen LogP contribution < -0.4 is 26.4 Å². The fourth-order valence-corrected chi connectivity index (χ4v) is 5.20. The van der Waals surface area contributed by atoms with Gasteiger partial charge in [0.25, 0.3) is 11.8 Å². The number of halogens is 1. The summed E-state index contributed by atoms with van der Waals surface area (Å²) in [6, 6.07) is 10.8. The summed E-state index contributed by atoms with van der Waals surface area (Å²) in [6.07, 6.45) is 4.78. The van der Waals surface area contributed by atoms with Crippen molar-refractivity contribution in [1.29, 1.82) is 0 Å². The topological polar surface area (TPSA) is 141 Å². The van der Waals surface area contributed by atoms with Crippen molar-refractivity contribution in [2.75, 3.05) is 17.7 Å². The number of nitrogen functional groups attached to an aromatic ring is 1. The molecular formula is C26H28FN5O4S. The summed E-state index contributed by atoms with van der Waals surface area (Å²) in [7, 11) is 1.51. The molecule has 1 atom stereocenters. The van der Waals surface area contributed by atoms with E-state index in [1.165, 1.54) is 36.3 Å². The Bertz CT molecular complexity index is 1270. The van der Waals surface area contributed by atoms with E-state index >= 15 is 0 Å². The number of nitrogens with zero attached hydrogens (tertiary/aromatic N) is 2. The number of nitrogens with two attached hydrogens (primary N) is 2. The molecule has 1 heterocycles. The van der Waals surface area contributed by atoms with Gasteiger partial charge in [-0.3, -0.25) is 19.3 Å². The Morgan fingerprint density at radius 2 is 1.73 bits per heavy atom. The van der Waals surface area contributed by atoms with Crippen molar-refractivity contribution in [3.63, 3.8) is 0 Å². The molecule has 3 aromatic rings. The van der Waals surface area contributed by atoms with E-state index in [4.69, 9.17) is 16.2 Å². The molecule has 0 saturated heterocycles. The highest BCUT2D eigenvalue weighted by Crippen LogP contribution is 2.34. The van der Waals surface area contributed by atoms with Gasteiger partial charge in [-0.2, -0.15) is 4.37 Å². The van der Waals surface area contributed by atoms with Crippen LogP contribution in [-0.2, 0) is 4.79 Å². The SMILES string of the molecule is COc1ccc(N(C(=O)c2snc(C(N)=O)c2N)[C@@H](C(=O)NC2CCCCC2)c2ccc(F)cc2)cc1. The number of nitrogens with one attached hydrogen (secondary N) is 1. The van der Waals surface area contributed by atoms with E-state index < -0.39 is 29.6 Å². The summed E-state index contributed by atoms with van der Waals surface area (Å²) in [4.78, 5) is 40.8. The van der Waals surface area contributed by atoms with Gasteiger partial charge >= 0.3 is 0 Å². The number of rotatable bonds is 8. The van der Waals surface area contributed by atoms with Crippen LogP contribution in [0.2, 0.25) is 0 Å². The zero-order valence-corrected chi connectivity index (χ0v) is 21.1. The van der Waals surface area contributed by atoms with Crippen molar-refractivity contribution in [3.05, 3.63) is 70.5 Å². The summed E-state index contributed by atoms with van der Waals surface area (Å²) < 4.78 is 23.0. The predicted octanol–water partition coefficient (Wildman–Crippen LogP) is 3.81. The molecule has 4 rings (SSSR count). The van der Waals surface area contributed by atoms with Crippen molar-refractivity contribution in [2.45, 2.75) is 44.2 Å². The number of carbonyl (C=O) groups excluding carboxylic acids is 3. The first-order valence-electron chi connectivity index (χ1n) is 11.9. The predicted molar refractivity (Wildman–Crippen MR) is 139 cm³/mol. The van der Waals surface area contributed by atoms with Crippen molar-refractivity contribution < 1.29 is 23.5 Å². The molecule has 0 radical (unpaired) electrons. The highest BCUT2D eigenvalue weighted by Gasteiger charge is 2.37. The van der Waals surface area contributed by atoms with E-state index in [9.17, 15) is 18.8 Å². The van der Waals surface area contributed by atoms with Crippen LogP contribution in [0.5, 0.6) is 5.75 Å². The number of carbonyl (C=O) groups is 3. The van der Waals surface area contributed by atoms with Crippen molar-refractivity contribution in [1.82, 2.24) is 9.69 Å². The number of aromatic nitrogens is 1. The minimum Gasteiger partial charge on any atom is -0.497 e. The van der Waals surface area contributed by atoms with E-state index in [0.29, 0.717) is 17.0 Å². The largest absolute Gasteiger partial charge is 0.497 e. The van der Waals surface area contributed by atoms with Gasteiger partial charge in [0.1, 0.15) is 22.5 Å². The molecule has 1 aliphatic carbocycles. The van der Waals surface area contributed by atoms with E-state index in [0.717, 1.165) is 43.6 Å². The molecular weight excluding hydrogens is 497 g/mol. The second kappa shape index (κ2) is 11.4. The average molecular weight is 526 g/mol. The quantitative estimate of drug-likeness (QED) is 0.408. The Hall–Kier alpha value is -3.99. The molecule has 3 amide bonds. The van der Waals surface area contributed by atoms with Gasteiger partial charge in [-0.1, -0.05) is 31.4 Å². The minimum atomic E-state index is -1.16. The number of hydrogen-bond donors (Lipinski definition) is 3.